The summed E-state index contributed by atoms with van der Waals surface area (Å²) in [5, 5.41) is 8.49. The van der Waals surface area contributed by atoms with Crippen LogP contribution in [0, 0.1) is 6.92 Å². The van der Waals surface area contributed by atoms with E-state index in [0.29, 0.717) is 35.3 Å². The van der Waals surface area contributed by atoms with Crippen LogP contribution in [0.3, 0.4) is 0 Å². The van der Waals surface area contributed by atoms with Crippen LogP contribution in [0.5, 0.6) is 0 Å². The molecule has 1 fully saturated rings. The van der Waals surface area contributed by atoms with Crippen molar-refractivity contribution in [3.63, 3.8) is 0 Å². The average Bonchev–Trinajstić information content (AvgIpc) is 3.08. The number of carbonyl (C=O) groups excluding carboxylic acids is 1. The van der Waals surface area contributed by atoms with Crippen LogP contribution < -0.4 is 0 Å². The summed E-state index contributed by atoms with van der Waals surface area (Å²) in [6.07, 6.45) is 3.16. The van der Waals surface area contributed by atoms with Gasteiger partial charge in [0.25, 0.3) is 5.91 Å². The van der Waals surface area contributed by atoms with Gasteiger partial charge in [-0.1, -0.05) is 16.8 Å². The van der Waals surface area contributed by atoms with Gasteiger partial charge in [-0.3, -0.25) is 9.48 Å². The molecule has 1 amide bonds. The fraction of sp³-hybridized carbons (Fsp3) is 0.538. The second kappa shape index (κ2) is 5.48. The Kier molecular flexibility index (Phi) is 3.67. The molecule has 7 nitrogen and oxygen atoms in total. The van der Waals surface area contributed by atoms with Gasteiger partial charge in [0.15, 0.2) is 5.82 Å². The third-order valence-electron chi connectivity index (χ3n) is 3.80. The normalized spacial score (nSPS) is 19.0. The fourth-order valence-corrected chi connectivity index (χ4v) is 2.99. The van der Waals surface area contributed by atoms with E-state index >= 15 is 0 Å². The molecule has 8 heteroatoms. The maximum Gasteiger partial charge on any atom is 0.273 e. The average molecular weight is 310 g/mol. The molecule has 0 radical (unpaired) electrons. The van der Waals surface area contributed by atoms with Gasteiger partial charge in [-0.25, -0.2) is 0 Å². The number of aromatic nitrogens is 4. The second-order valence-corrected chi connectivity index (χ2v) is 5.63. The number of carbonyl (C=O) groups is 1. The van der Waals surface area contributed by atoms with Crippen LogP contribution in [0.25, 0.3) is 0 Å². The molecule has 0 N–H and O–H groups in total. The van der Waals surface area contributed by atoms with Gasteiger partial charge in [0.05, 0.1) is 10.7 Å². The Morgan fingerprint density at radius 2 is 2.33 bits per heavy atom. The van der Waals surface area contributed by atoms with Gasteiger partial charge in [-0.2, -0.15) is 10.1 Å². The molecule has 3 heterocycles. The van der Waals surface area contributed by atoms with Crippen LogP contribution in [0.1, 0.15) is 40.8 Å². The lowest BCUT2D eigenvalue weighted by atomic mass is 9.97. The Morgan fingerprint density at radius 1 is 1.52 bits per heavy atom. The maximum absolute atomic E-state index is 12.7. The Balaban J connectivity index is 1.81. The Hall–Kier alpha value is -1.89. The third-order valence-corrected chi connectivity index (χ3v) is 4.26. The van der Waals surface area contributed by atoms with Gasteiger partial charge in [0.1, 0.15) is 5.69 Å². The van der Waals surface area contributed by atoms with Crippen LogP contribution in [0.2, 0.25) is 5.02 Å². The summed E-state index contributed by atoms with van der Waals surface area (Å²) in [5.74, 6) is 0.658. The van der Waals surface area contributed by atoms with Crippen LogP contribution in [-0.2, 0) is 7.05 Å². The van der Waals surface area contributed by atoms with E-state index < -0.39 is 0 Å². The van der Waals surface area contributed by atoms with Gasteiger partial charge < -0.3 is 9.42 Å². The van der Waals surface area contributed by atoms with Gasteiger partial charge in [-0.15, -0.1) is 0 Å². The summed E-state index contributed by atoms with van der Waals surface area (Å²) in [7, 11) is 1.73. The summed E-state index contributed by atoms with van der Waals surface area (Å²) < 4.78 is 6.33. The van der Waals surface area contributed by atoms with Crippen LogP contribution >= 0.6 is 11.6 Å². The molecule has 1 aliphatic rings. The summed E-state index contributed by atoms with van der Waals surface area (Å²) >= 11 is 6.19. The predicted octanol–water partition coefficient (Wildman–Crippen LogP) is 1.78. The highest BCUT2D eigenvalue weighted by atomic mass is 35.5. The molecular weight excluding hydrogens is 294 g/mol. The first-order chi connectivity index (χ1) is 10.1. The first-order valence-corrected chi connectivity index (χ1v) is 7.20. The quantitative estimate of drug-likeness (QED) is 0.845. The summed E-state index contributed by atoms with van der Waals surface area (Å²) in [6, 6.07) is 0. The minimum absolute atomic E-state index is 0.101. The summed E-state index contributed by atoms with van der Waals surface area (Å²) in [5.41, 5.74) is 1.09. The minimum Gasteiger partial charge on any atom is -0.343 e. The number of rotatable bonds is 2. The number of halogens is 1. The number of amides is 1. The van der Waals surface area contributed by atoms with Crippen molar-refractivity contribution in [2.75, 3.05) is 13.1 Å². The molecular formula is C13H16ClN5O2. The van der Waals surface area contributed by atoms with E-state index in [4.69, 9.17) is 16.1 Å². The van der Waals surface area contributed by atoms with Gasteiger partial charge in [-0.05, 0) is 19.8 Å². The zero-order chi connectivity index (χ0) is 15.0. The second-order valence-electron chi connectivity index (χ2n) is 5.25. The SMILES string of the molecule is Cc1nn(C)c(C(=O)N2CCC[C@H](c3ncon3)C2)c1Cl. The largest absolute Gasteiger partial charge is 0.343 e. The smallest absolute Gasteiger partial charge is 0.273 e. The summed E-state index contributed by atoms with van der Waals surface area (Å²) in [4.78, 5) is 18.6. The van der Waals surface area contributed by atoms with Crippen molar-refractivity contribution in [3.8, 4) is 0 Å². The Labute approximate surface area is 126 Å². The predicted molar refractivity (Wildman–Crippen MR) is 75.1 cm³/mol. The number of hydrogen-bond acceptors (Lipinski definition) is 5. The number of nitrogens with zero attached hydrogens (tertiary/aromatic N) is 5. The zero-order valence-corrected chi connectivity index (χ0v) is 12.7. The molecule has 112 valence electrons. The van der Waals surface area contributed by atoms with Crippen LogP contribution in [0.4, 0.5) is 0 Å². The first kappa shape index (κ1) is 14.1. The molecule has 0 aromatic carbocycles. The van der Waals surface area contributed by atoms with Crippen molar-refractivity contribution in [2.45, 2.75) is 25.7 Å². The van der Waals surface area contributed by atoms with Crippen LogP contribution in [-0.4, -0.2) is 43.8 Å². The molecule has 2 aromatic heterocycles. The van der Waals surface area contributed by atoms with E-state index in [1.54, 1.807) is 18.9 Å². The van der Waals surface area contributed by atoms with Gasteiger partial charge in [0, 0.05) is 26.1 Å². The van der Waals surface area contributed by atoms with E-state index in [1.807, 2.05) is 0 Å². The van der Waals surface area contributed by atoms with Crippen molar-refractivity contribution in [2.24, 2.45) is 7.05 Å². The monoisotopic (exact) mass is 309 g/mol. The lowest BCUT2D eigenvalue weighted by molar-refractivity contribution is 0.0692. The highest BCUT2D eigenvalue weighted by molar-refractivity contribution is 6.34. The molecule has 1 aliphatic heterocycles. The van der Waals surface area contributed by atoms with Crippen molar-refractivity contribution < 1.29 is 9.32 Å². The lowest BCUT2D eigenvalue weighted by Crippen LogP contribution is -2.40. The Bertz CT molecular complexity index is 652. The van der Waals surface area contributed by atoms with E-state index in [-0.39, 0.29) is 11.8 Å². The Morgan fingerprint density at radius 3 is 2.95 bits per heavy atom. The highest BCUT2D eigenvalue weighted by Gasteiger charge is 2.30. The molecule has 1 atom stereocenters. The van der Waals surface area contributed by atoms with Crippen molar-refractivity contribution in [1.82, 2.24) is 24.8 Å². The molecule has 0 saturated carbocycles. The topological polar surface area (TPSA) is 77.0 Å². The van der Waals surface area contributed by atoms with Gasteiger partial charge >= 0.3 is 0 Å². The van der Waals surface area contributed by atoms with Gasteiger partial charge in [0.2, 0.25) is 6.39 Å². The van der Waals surface area contributed by atoms with E-state index in [0.717, 1.165) is 12.8 Å². The van der Waals surface area contributed by atoms with E-state index in [9.17, 15) is 4.79 Å². The number of aryl methyl sites for hydroxylation is 2. The highest BCUT2D eigenvalue weighted by Crippen LogP contribution is 2.27. The molecule has 21 heavy (non-hydrogen) atoms. The zero-order valence-electron chi connectivity index (χ0n) is 11.9. The van der Waals surface area contributed by atoms with Crippen molar-refractivity contribution in [3.05, 3.63) is 28.6 Å². The molecule has 2 aromatic rings. The van der Waals surface area contributed by atoms with E-state index in [1.165, 1.54) is 11.1 Å². The minimum atomic E-state index is -0.101. The molecule has 0 aliphatic carbocycles. The number of piperidine rings is 1. The van der Waals surface area contributed by atoms with Crippen LogP contribution in [0.15, 0.2) is 10.9 Å². The standard InChI is InChI=1S/C13H16ClN5O2/c1-8-10(14)11(18(2)16-8)13(20)19-5-3-4-9(6-19)12-15-7-21-17-12/h7,9H,3-6H2,1-2H3/t9-/m0/s1. The van der Waals surface area contributed by atoms with E-state index in [2.05, 4.69) is 15.2 Å². The van der Waals surface area contributed by atoms with Crippen molar-refractivity contribution in [1.29, 1.82) is 0 Å². The molecule has 1 saturated heterocycles. The molecule has 0 spiro atoms. The lowest BCUT2D eigenvalue weighted by Gasteiger charge is -2.31. The first-order valence-electron chi connectivity index (χ1n) is 6.82. The maximum atomic E-state index is 12.7. The molecule has 0 unspecified atom stereocenters. The molecule has 0 bridgehead atoms. The number of hydrogen-bond donors (Lipinski definition) is 0. The fourth-order valence-electron chi connectivity index (χ4n) is 2.75. The third kappa shape index (κ3) is 2.53. The van der Waals surface area contributed by atoms with Crippen molar-refractivity contribution >= 4 is 17.5 Å². The molecule has 3 rings (SSSR count). The summed E-state index contributed by atoms with van der Waals surface area (Å²) in [6.45, 7) is 3.06. The number of likely N-dealkylation sites (tertiary alicyclic amines) is 1.